The topological polar surface area (TPSA) is 54.9 Å². The summed E-state index contributed by atoms with van der Waals surface area (Å²) in [6.07, 6.45) is 1.40. The van der Waals surface area contributed by atoms with E-state index in [1.165, 1.54) is 11.1 Å². The fraction of sp³-hybridized carbons (Fsp3) is 0.462. The van der Waals surface area contributed by atoms with Gasteiger partial charge in [0, 0.05) is 43.2 Å². The highest BCUT2D eigenvalue weighted by Crippen LogP contribution is 2.32. The van der Waals surface area contributed by atoms with Crippen molar-refractivity contribution in [3.63, 3.8) is 0 Å². The van der Waals surface area contributed by atoms with Crippen molar-refractivity contribution < 1.29 is 14.3 Å². The molecule has 0 unspecified atom stereocenters. The lowest BCUT2D eigenvalue weighted by molar-refractivity contribution is -0.118. The molecule has 1 fully saturated rings. The van der Waals surface area contributed by atoms with Crippen LogP contribution in [0.5, 0.6) is 5.75 Å². The molecule has 9 heteroatoms. The molecule has 1 aliphatic heterocycles. The van der Waals surface area contributed by atoms with Crippen LogP contribution >= 0.6 is 35.5 Å². The summed E-state index contributed by atoms with van der Waals surface area (Å²) < 4.78 is 11.8. The smallest absolute Gasteiger partial charge is 0.229 e. The molecule has 4 rings (SSSR count). The van der Waals surface area contributed by atoms with Crippen molar-refractivity contribution in [2.75, 3.05) is 57.2 Å². The highest BCUT2D eigenvalue weighted by atomic mass is 35.5. The Balaban J connectivity index is 0.00000342. The Hall–Kier alpha value is -1.84. The number of carbonyl (C=O) groups excluding carboxylic acids is 1. The number of benzene rings is 2. The van der Waals surface area contributed by atoms with E-state index in [9.17, 15) is 4.79 Å². The van der Waals surface area contributed by atoms with Gasteiger partial charge in [-0.15, -0.1) is 24.2 Å². The molecule has 0 N–H and O–H groups in total. The quantitative estimate of drug-likeness (QED) is 0.316. The zero-order valence-corrected chi connectivity index (χ0v) is 23.1. The van der Waals surface area contributed by atoms with Gasteiger partial charge in [-0.05, 0) is 67.8 Å². The van der Waals surface area contributed by atoms with E-state index in [2.05, 4.69) is 30.9 Å². The number of rotatable bonds is 10. The zero-order chi connectivity index (χ0) is 23.9. The number of hydrogen-bond donors (Lipinski definition) is 0. The molecule has 1 aromatic heterocycles. The van der Waals surface area contributed by atoms with Gasteiger partial charge < -0.3 is 9.47 Å². The zero-order valence-electron chi connectivity index (χ0n) is 20.6. The molecule has 0 radical (unpaired) electrons. The molecule has 35 heavy (non-hydrogen) atoms. The van der Waals surface area contributed by atoms with Crippen LogP contribution in [0, 0.1) is 13.8 Å². The molecular formula is C26H34ClN3O3S2. The third-order valence-corrected chi connectivity index (χ3v) is 8.18. The Morgan fingerprint density at radius 2 is 1.89 bits per heavy atom. The van der Waals surface area contributed by atoms with Crippen molar-refractivity contribution in [1.82, 2.24) is 9.88 Å². The summed E-state index contributed by atoms with van der Waals surface area (Å²) in [4.78, 5) is 23.7. The molecule has 1 amide bonds. The molecule has 190 valence electrons. The number of nitrogens with zero attached hydrogens (tertiary/aromatic N) is 3. The number of thioether (sulfide) groups is 1. The van der Waals surface area contributed by atoms with E-state index in [1.54, 1.807) is 30.2 Å². The minimum atomic E-state index is 0. The summed E-state index contributed by atoms with van der Waals surface area (Å²) >= 11 is 3.31. The summed E-state index contributed by atoms with van der Waals surface area (Å²) in [6.45, 7) is 9.39. The highest BCUT2D eigenvalue weighted by Gasteiger charge is 2.20. The van der Waals surface area contributed by atoms with Crippen molar-refractivity contribution in [1.29, 1.82) is 0 Å². The number of methoxy groups -OCH3 is 1. The molecule has 6 nitrogen and oxygen atoms in total. The van der Waals surface area contributed by atoms with Crippen LogP contribution in [0.3, 0.4) is 0 Å². The van der Waals surface area contributed by atoms with Gasteiger partial charge in [0.25, 0.3) is 0 Å². The van der Waals surface area contributed by atoms with E-state index in [0.717, 1.165) is 71.0 Å². The first-order valence-electron chi connectivity index (χ1n) is 11.8. The Labute approximate surface area is 222 Å². The van der Waals surface area contributed by atoms with Crippen molar-refractivity contribution in [2.45, 2.75) is 31.6 Å². The van der Waals surface area contributed by atoms with Gasteiger partial charge >= 0.3 is 0 Å². The SMILES string of the molecule is COc1ccc(SCCC(=O)N(CCCN2CCOCC2)c2nc3cc(C)c(C)cc3s2)cc1.Cl. The molecule has 2 aromatic carbocycles. The number of fused-ring (bicyclic) bond motifs is 1. The van der Waals surface area contributed by atoms with Gasteiger partial charge in [-0.3, -0.25) is 14.6 Å². The molecule has 1 aliphatic rings. The lowest BCUT2D eigenvalue weighted by Crippen LogP contribution is -2.39. The number of amides is 1. The van der Waals surface area contributed by atoms with Gasteiger partial charge in [0.15, 0.2) is 5.13 Å². The third-order valence-electron chi connectivity index (χ3n) is 6.13. The molecule has 0 atom stereocenters. The number of aryl methyl sites for hydroxylation is 2. The first-order chi connectivity index (χ1) is 16.5. The summed E-state index contributed by atoms with van der Waals surface area (Å²) in [5.74, 6) is 1.71. The molecule has 2 heterocycles. The van der Waals surface area contributed by atoms with E-state index >= 15 is 0 Å². The number of carbonyl (C=O) groups is 1. The van der Waals surface area contributed by atoms with E-state index in [0.29, 0.717) is 13.0 Å². The number of hydrogen-bond acceptors (Lipinski definition) is 7. The largest absolute Gasteiger partial charge is 0.497 e. The Bertz CT molecular complexity index is 1060. The van der Waals surface area contributed by atoms with Crippen molar-refractivity contribution in [3.8, 4) is 5.75 Å². The first kappa shape index (κ1) is 27.7. The molecule has 1 saturated heterocycles. The molecular weight excluding hydrogens is 502 g/mol. The maximum absolute atomic E-state index is 13.4. The highest BCUT2D eigenvalue weighted by molar-refractivity contribution is 7.99. The fourth-order valence-electron chi connectivity index (χ4n) is 3.95. The van der Waals surface area contributed by atoms with Gasteiger partial charge in [-0.2, -0.15) is 0 Å². The summed E-state index contributed by atoms with van der Waals surface area (Å²) in [7, 11) is 1.67. The number of ether oxygens (including phenoxy) is 2. The van der Waals surface area contributed by atoms with Crippen LogP contribution in [0.15, 0.2) is 41.3 Å². The summed E-state index contributed by atoms with van der Waals surface area (Å²) in [5.41, 5.74) is 3.45. The van der Waals surface area contributed by atoms with E-state index in [1.807, 2.05) is 29.2 Å². The maximum atomic E-state index is 13.4. The lowest BCUT2D eigenvalue weighted by Gasteiger charge is -2.27. The predicted octanol–water partition coefficient (Wildman–Crippen LogP) is 5.58. The number of morpholine rings is 1. The van der Waals surface area contributed by atoms with Crippen molar-refractivity contribution in [2.24, 2.45) is 0 Å². The van der Waals surface area contributed by atoms with Crippen LogP contribution in [-0.4, -0.2) is 68.0 Å². The second-order valence-electron chi connectivity index (χ2n) is 8.53. The number of thiazole rings is 1. The van der Waals surface area contributed by atoms with Crippen LogP contribution < -0.4 is 9.64 Å². The van der Waals surface area contributed by atoms with Gasteiger partial charge in [-0.1, -0.05) is 11.3 Å². The lowest BCUT2D eigenvalue weighted by atomic mass is 10.1. The number of anilines is 1. The molecule has 3 aromatic rings. The molecule has 0 aliphatic carbocycles. The average Bonchev–Trinajstić information content (AvgIpc) is 3.25. The summed E-state index contributed by atoms with van der Waals surface area (Å²) in [5, 5.41) is 0.807. The predicted molar refractivity (Wildman–Crippen MR) is 149 cm³/mol. The number of halogens is 1. The first-order valence-corrected chi connectivity index (χ1v) is 13.6. The van der Waals surface area contributed by atoms with Crippen LogP contribution in [0.25, 0.3) is 10.2 Å². The minimum absolute atomic E-state index is 0. The molecule has 0 saturated carbocycles. The van der Waals surface area contributed by atoms with E-state index in [-0.39, 0.29) is 18.3 Å². The normalized spacial score (nSPS) is 14.0. The Kier molecular flexibility index (Phi) is 10.7. The van der Waals surface area contributed by atoms with Crippen LogP contribution in [0.4, 0.5) is 5.13 Å². The third kappa shape index (κ3) is 7.57. The monoisotopic (exact) mass is 535 g/mol. The average molecular weight is 536 g/mol. The van der Waals surface area contributed by atoms with Gasteiger partial charge in [0.05, 0.1) is 30.5 Å². The maximum Gasteiger partial charge on any atom is 0.229 e. The van der Waals surface area contributed by atoms with Crippen LogP contribution in [-0.2, 0) is 9.53 Å². The summed E-state index contributed by atoms with van der Waals surface area (Å²) in [6, 6.07) is 12.3. The van der Waals surface area contributed by atoms with Crippen molar-refractivity contribution >= 4 is 56.8 Å². The van der Waals surface area contributed by atoms with Gasteiger partial charge in [-0.25, -0.2) is 4.98 Å². The molecule has 0 spiro atoms. The Morgan fingerprint density at radius 3 is 2.60 bits per heavy atom. The van der Waals surface area contributed by atoms with E-state index < -0.39 is 0 Å². The van der Waals surface area contributed by atoms with Crippen LogP contribution in [0.2, 0.25) is 0 Å². The van der Waals surface area contributed by atoms with Gasteiger partial charge in [0.1, 0.15) is 5.75 Å². The fourth-order valence-corrected chi connectivity index (χ4v) is 5.88. The second-order valence-corrected chi connectivity index (χ2v) is 10.7. The van der Waals surface area contributed by atoms with E-state index in [4.69, 9.17) is 14.5 Å². The minimum Gasteiger partial charge on any atom is -0.497 e. The Morgan fingerprint density at radius 1 is 1.17 bits per heavy atom. The number of aromatic nitrogens is 1. The molecule has 0 bridgehead atoms. The standard InChI is InChI=1S/C26H33N3O3S2.ClH/c1-19-17-23-24(18-20(19)2)34-26(27-23)29(11-4-10-28-12-14-32-15-13-28)25(30)9-16-33-22-7-5-21(31-3)6-8-22;/h5-8,17-18H,4,9-16H2,1-3H3;1H. The van der Waals surface area contributed by atoms with Gasteiger partial charge in [0.2, 0.25) is 5.91 Å². The van der Waals surface area contributed by atoms with Crippen LogP contribution in [0.1, 0.15) is 24.0 Å². The van der Waals surface area contributed by atoms with Crippen molar-refractivity contribution in [3.05, 3.63) is 47.5 Å². The second kappa shape index (κ2) is 13.5.